The Morgan fingerprint density at radius 3 is 2.36 bits per heavy atom. The van der Waals surface area contributed by atoms with E-state index in [9.17, 15) is 9.59 Å². The molecule has 0 unspecified atom stereocenters. The normalized spacial score (nSPS) is 11.9. The van der Waals surface area contributed by atoms with E-state index in [2.05, 4.69) is 4.99 Å². The van der Waals surface area contributed by atoms with Gasteiger partial charge in [-0.3, -0.25) is 14.6 Å². The van der Waals surface area contributed by atoms with Gasteiger partial charge in [0.15, 0.2) is 11.7 Å². The maximum atomic E-state index is 11.0. The first-order chi connectivity index (χ1) is 6.45. The quantitative estimate of drug-likeness (QED) is 0.209. The summed E-state index contributed by atoms with van der Waals surface area (Å²) in [6, 6.07) is -0.735. The Kier molecular flexibility index (Phi) is 5.47. The second kappa shape index (κ2) is 6.09. The molecular weight excluding hydrogens is 184 g/mol. The lowest BCUT2D eigenvalue weighted by atomic mass is 10.1. The molecule has 0 aliphatic rings. The maximum Gasteiger partial charge on any atom is 0.214 e. The number of nitrogens with two attached hydrogens (primary N) is 3. The Balaban J connectivity index is 3.75. The van der Waals surface area contributed by atoms with Crippen molar-refractivity contribution < 1.29 is 9.59 Å². The van der Waals surface area contributed by atoms with Crippen LogP contribution in [0.2, 0.25) is 0 Å². The van der Waals surface area contributed by atoms with E-state index in [1.165, 1.54) is 6.92 Å². The van der Waals surface area contributed by atoms with Crippen molar-refractivity contribution in [3.8, 4) is 0 Å². The zero-order chi connectivity index (χ0) is 11.1. The Labute approximate surface area is 82.5 Å². The van der Waals surface area contributed by atoms with E-state index in [1.807, 2.05) is 0 Å². The van der Waals surface area contributed by atoms with Gasteiger partial charge in [0.2, 0.25) is 5.78 Å². The van der Waals surface area contributed by atoms with E-state index < -0.39 is 17.6 Å². The van der Waals surface area contributed by atoms with Gasteiger partial charge in [-0.25, -0.2) is 0 Å². The maximum absolute atomic E-state index is 11.0. The van der Waals surface area contributed by atoms with E-state index in [1.54, 1.807) is 0 Å². The standard InChI is InChI=1S/C8H16N4O2/c1-5(13)7(14)6(9)3-2-4-12-8(10)11/h6H,2-4,9H2,1H3,(H4,10,11,12)/t6-/m0/s1. The molecule has 0 aromatic rings. The van der Waals surface area contributed by atoms with E-state index in [0.717, 1.165) is 0 Å². The van der Waals surface area contributed by atoms with Crippen molar-refractivity contribution >= 4 is 17.5 Å². The largest absolute Gasteiger partial charge is 0.370 e. The van der Waals surface area contributed by atoms with Gasteiger partial charge in [-0.05, 0) is 12.8 Å². The number of aliphatic imine (C=N–C) groups is 1. The van der Waals surface area contributed by atoms with E-state index in [4.69, 9.17) is 17.2 Å². The second-order valence-corrected chi connectivity index (χ2v) is 2.98. The van der Waals surface area contributed by atoms with Crippen LogP contribution in [0.15, 0.2) is 4.99 Å². The summed E-state index contributed by atoms with van der Waals surface area (Å²) in [6.07, 6.45) is 0.993. The van der Waals surface area contributed by atoms with Crippen molar-refractivity contribution in [1.82, 2.24) is 0 Å². The lowest BCUT2D eigenvalue weighted by Crippen LogP contribution is -2.34. The van der Waals surface area contributed by atoms with Gasteiger partial charge in [0.25, 0.3) is 0 Å². The molecule has 0 aliphatic heterocycles. The predicted octanol–water partition coefficient (Wildman–Crippen LogP) is -1.47. The Hall–Kier alpha value is -1.43. The zero-order valence-corrected chi connectivity index (χ0v) is 8.19. The molecule has 0 bridgehead atoms. The minimum absolute atomic E-state index is 0.0106. The molecular formula is C8H16N4O2. The van der Waals surface area contributed by atoms with Crippen LogP contribution in [0.5, 0.6) is 0 Å². The van der Waals surface area contributed by atoms with Crippen LogP contribution >= 0.6 is 0 Å². The van der Waals surface area contributed by atoms with Crippen molar-refractivity contribution in [3.05, 3.63) is 0 Å². The van der Waals surface area contributed by atoms with Crippen LogP contribution in [0.4, 0.5) is 0 Å². The first-order valence-corrected chi connectivity index (χ1v) is 4.31. The minimum Gasteiger partial charge on any atom is -0.370 e. The number of hydrogen-bond acceptors (Lipinski definition) is 4. The average molecular weight is 200 g/mol. The molecule has 0 fully saturated rings. The van der Waals surface area contributed by atoms with Gasteiger partial charge in [0.1, 0.15) is 0 Å². The van der Waals surface area contributed by atoms with Crippen molar-refractivity contribution in [3.63, 3.8) is 0 Å². The summed E-state index contributed by atoms with van der Waals surface area (Å²) < 4.78 is 0. The molecule has 0 rings (SSSR count). The van der Waals surface area contributed by atoms with Crippen molar-refractivity contribution in [2.45, 2.75) is 25.8 Å². The van der Waals surface area contributed by atoms with Crippen LogP contribution in [0, 0.1) is 0 Å². The molecule has 0 saturated carbocycles. The summed E-state index contributed by atoms with van der Waals surface area (Å²) in [4.78, 5) is 25.4. The number of nitrogens with zero attached hydrogens (tertiary/aromatic N) is 1. The van der Waals surface area contributed by atoms with Gasteiger partial charge in [-0.15, -0.1) is 0 Å². The molecule has 1 atom stereocenters. The highest BCUT2D eigenvalue weighted by Gasteiger charge is 2.16. The van der Waals surface area contributed by atoms with Gasteiger partial charge >= 0.3 is 0 Å². The molecule has 0 spiro atoms. The molecule has 0 amide bonds. The molecule has 0 aromatic carbocycles. The smallest absolute Gasteiger partial charge is 0.214 e. The zero-order valence-electron chi connectivity index (χ0n) is 8.19. The predicted molar refractivity (Wildman–Crippen MR) is 53.6 cm³/mol. The fraction of sp³-hybridized carbons (Fsp3) is 0.625. The molecule has 6 heteroatoms. The Morgan fingerprint density at radius 2 is 1.93 bits per heavy atom. The number of Topliss-reactive ketones (excluding diaryl/α,β-unsaturated/α-hetero) is 2. The summed E-state index contributed by atoms with van der Waals surface area (Å²) in [6.45, 7) is 1.62. The SMILES string of the molecule is CC(=O)C(=O)[C@@H](N)CCCN=C(N)N. The fourth-order valence-electron chi connectivity index (χ4n) is 0.912. The summed E-state index contributed by atoms with van der Waals surface area (Å²) in [5, 5.41) is 0. The van der Waals surface area contributed by atoms with Gasteiger partial charge < -0.3 is 17.2 Å². The topological polar surface area (TPSA) is 125 Å². The Morgan fingerprint density at radius 1 is 1.36 bits per heavy atom. The van der Waals surface area contributed by atoms with Crippen molar-refractivity contribution in [2.75, 3.05) is 6.54 Å². The van der Waals surface area contributed by atoms with Gasteiger partial charge in [-0.2, -0.15) is 0 Å². The highest BCUT2D eigenvalue weighted by atomic mass is 16.2. The van der Waals surface area contributed by atoms with Gasteiger partial charge in [-0.1, -0.05) is 0 Å². The average Bonchev–Trinajstić information content (AvgIpc) is 2.10. The Bertz CT molecular complexity index is 246. The molecule has 80 valence electrons. The number of hydrogen-bond donors (Lipinski definition) is 3. The van der Waals surface area contributed by atoms with E-state index in [0.29, 0.717) is 19.4 Å². The molecule has 0 aromatic heterocycles. The van der Waals surface area contributed by atoms with Crippen LogP contribution in [-0.4, -0.2) is 30.1 Å². The molecule has 0 saturated heterocycles. The fourth-order valence-corrected chi connectivity index (χ4v) is 0.912. The highest BCUT2D eigenvalue weighted by Crippen LogP contribution is 1.97. The molecule has 6 nitrogen and oxygen atoms in total. The summed E-state index contributed by atoms with van der Waals surface area (Å²) >= 11 is 0. The minimum atomic E-state index is -0.735. The summed E-state index contributed by atoms with van der Waals surface area (Å²) in [5.41, 5.74) is 15.6. The number of guanidine groups is 1. The third-order valence-corrected chi connectivity index (χ3v) is 1.65. The number of carbonyl (C=O) groups excluding carboxylic acids is 2. The third-order valence-electron chi connectivity index (χ3n) is 1.65. The van der Waals surface area contributed by atoms with Crippen molar-refractivity contribution in [1.29, 1.82) is 0 Å². The molecule has 14 heavy (non-hydrogen) atoms. The van der Waals surface area contributed by atoms with Crippen LogP contribution in [0.25, 0.3) is 0 Å². The van der Waals surface area contributed by atoms with Gasteiger partial charge in [0.05, 0.1) is 6.04 Å². The van der Waals surface area contributed by atoms with Crippen LogP contribution < -0.4 is 17.2 Å². The number of carbonyl (C=O) groups is 2. The monoisotopic (exact) mass is 200 g/mol. The van der Waals surface area contributed by atoms with Crippen molar-refractivity contribution in [2.24, 2.45) is 22.2 Å². The number of ketones is 2. The summed E-state index contributed by atoms with van der Waals surface area (Å²) in [7, 11) is 0. The summed E-state index contributed by atoms with van der Waals surface area (Å²) in [5.74, 6) is -1.05. The number of rotatable bonds is 6. The first kappa shape index (κ1) is 12.6. The lowest BCUT2D eigenvalue weighted by Gasteiger charge is -2.06. The second-order valence-electron chi connectivity index (χ2n) is 2.98. The molecule has 0 radical (unpaired) electrons. The molecule has 6 N–H and O–H groups in total. The van der Waals surface area contributed by atoms with Crippen LogP contribution in [0.1, 0.15) is 19.8 Å². The lowest BCUT2D eigenvalue weighted by molar-refractivity contribution is -0.136. The van der Waals surface area contributed by atoms with Gasteiger partial charge in [0, 0.05) is 13.5 Å². The molecule has 0 heterocycles. The highest BCUT2D eigenvalue weighted by molar-refractivity contribution is 6.38. The van der Waals surface area contributed by atoms with E-state index in [-0.39, 0.29) is 5.96 Å². The van der Waals surface area contributed by atoms with Crippen LogP contribution in [0.3, 0.4) is 0 Å². The third kappa shape index (κ3) is 5.26. The van der Waals surface area contributed by atoms with E-state index >= 15 is 0 Å². The first-order valence-electron chi connectivity index (χ1n) is 4.31. The molecule has 0 aliphatic carbocycles. The van der Waals surface area contributed by atoms with Crippen LogP contribution in [-0.2, 0) is 9.59 Å².